The third kappa shape index (κ3) is 3.17. The van der Waals surface area contributed by atoms with Crippen molar-refractivity contribution < 1.29 is 30.6 Å². The van der Waals surface area contributed by atoms with Gasteiger partial charge in [0.2, 0.25) is 0 Å². The summed E-state index contributed by atoms with van der Waals surface area (Å²) in [6, 6.07) is 0. The highest BCUT2D eigenvalue weighted by molar-refractivity contribution is 7.93. The van der Waals surface area contributed by atoms with Crippen molar-refractivity contribution >= 4 is 10.8 Å². The summed E-state index contributed by atoms with van der Waals surface area (Å²) in [5.41, 5.74) is 0. The van der Waals surface area contributed by atoms with Gasteiger partial charge in [-0.2, -0.15) is 26.3 Å². The van der Waals surface area contributed by atoms with E-state index in [-0.39, 0.29) is 0 Å². The van der Waals surface area contributed by atoms with Crippen LogP contribution in [0, 0.1) is 0 Å². The first-order valence-corrected chi connectivity index (χ1v) is 4.07. The Kier molecular flexibility index (Phi) is 3.54. The van der Waals surface area contributed by atoms with E-state index in [1.807, 2.05) is 0 Å². The van der Waals surface area contributed by atoms with Gasteiger partial charge in [0.1, 0.15) is 9.81 Å². The number of hydrogen-bond acceptors (Lipinski definition) is 1. The van der Waals surface area contributed by atoms with Crippen molar-refractivity contribution in [3.05, 3.63) is 23.0 Å². The number of allylic oxidation sites excluding steroid dienone is 2. The molecule has 82 valence electrons. The van der Waals surface area contributed by atoms with E-state index < -0.39 is 33.0 Å². The van der Waals surface area contributed by atoms with Crippen LogP contribution >= 0.6 is 0 Å². The second kappa shape index (κ2) is 3.76. The Bertz CT molecular complexity index is 258. The summed E-state index contributed by atoms with van der Waals surface area (Å²) in [5.74, 6) is 0. The van der Waals surface area contributed by atoms with Gasteiger partial charge in [-0.25, -0.2) is 4.21 Å². The fourth-order valence-electron chi connectivity index (χ4n) is 0.359. The van der Waals surface area contributed by atoms with Crippen LogP contribution in [-0.4, -0.2) is 16.6 Å². The van der Waals surface area contributed by atoms with E-state index in [0.29, 0.717) is 0 Å². The molecule has 0 saturated heterocycles. The second-order valence-electron chi connectivity index (χ2n) is 2.11. The molecule has 0 spiro atoms. The van der Waals surface area contributed by atoms with E-state index in [9.17, 15) is 30.6 Å². The van der Waals surface area contributed by atoms with Crippen molar-refractivity contribution in [2.45, 2.75) is 12.4 Å². The summed E-state index contributed by atoms with van der Waals surface area (Å²) in [5, 5.41) is 0. The Morgan fingerprint density at radius 2 is 1.07 bits per heavy atom. The first-order valence-electron chi connectivity index (χ1n) is 2.92. The smallest absolute Gasteiger partial charge is 0.249 e. The number of alkyl halides is 6. The SMILES string of the molecule is C=C(S(=O)C(=C)C(F)(F)F)C(F)(F)F. The third-order valence-corrected chi connectivity index (χ3v) is 2.44. The predicted octanol–water partition coefficient (Wildman–Crippen LogP) is 2.89. The summed E-state index contributed by atoms with van der Waals surface area (Å²) in [4.78, 5) is -3.94. The molecule has 0 aromatic rings. The van der Waals surface area contributed by atoms with Gasteiger partial charge in [-0.05, 0) is 0 Å². The lowest BCUT2D eigenvalue weighted by Crippen LogP contribution is -2.22. The highest BCUT2D eigenvalue weighted by Crippen LogP contribution is 2.35. The van der Waals surface area contributed by atoms with Crippen LogP contribution in [0.4, 0.5) is 26.3 Å². The molecule has 0 saturated carbocycles. The van der Waals surface area contributed by atoms with Crippen molar-refractivity contribution in [1.29, 1.82) is 0 Å². The Morgan fingerprint density at radius 1 is 0.857 bits per heavy atom. The van der Waals surface area contributed by atoms with Crippen LogP contribution < -0.4 is 0 Å². The van der Waals surface area contributed by atoms with Gasteiger partial charge in [0.05, 0.1) is 10.8 Å². The highest BCUT2D eigenvalue weighted by atomic mass is 32.2. The maximum absolute atomic E-state index is 11.7. The number of hydrogen-bond donors (Lipinski definition) is 0. The van der Waals surface area contributed by atoms with Gasteiger partial charge in [0.25, 0.3) is 0 Å². The Balaban J connectivity index is 4.85. The van der Waals surface area contributed by atoms with Gasteiger partial charge in [-0.3, -0.25) is 0 Å². The average molecular weight is 238 g/mol. The molecule has 0 rings (SSSR count). The largest absolute Gasteiger partial charge is 0.424 e. The maximum Gasteiger partial charge on any atom is 0.424 e. The summed E-state index contributed by atoms with van der Waals surface area (Å²) in [7, 11) is -3.39. The molecular weight excluding hydrogens is 234 g/mol. The number of halogens is 6. The van der Waals surface area contributed by atoms with Crippen LogP contribution in [0.5, 0.6) is 0 Å². The molecule has 0 radical (unpaired) electrons. The molecule has 0 heterocycles. The zero-order valence-corrected chi connectivity index (χ0v) is 7.31. The quantitative estimate of drug-likeness (QED) is 0.676. The van der Waals surface area contributed by atoms with Gasteiger partial charge < -0.3 is 0 Å². The zero-order valence-electron chi connectivity index (χ0n) is 6.50. The molecule has 0 atom stereocenters. The molecule has 14 heavy (non-hydrogen) atoms. The van der Waals surface area contributed by atoms with E-state index in [4.69, 9.17) is 0 Å². The molecule has 0 aromatic heterocycles. The maximum atomic E-state index is 11.7. The van der Waals surface area contributed by atoms with Gasteiger partial charge in [0, 0.05) is 0 Å². The van der Waals surface area contributed by atoms with Crippen molar-refractivity contribution in [1.82, 2.24) is 0 Å². The second-order valence-corrected chi connectivity index (χ2v) is 3.63. The van der Waals surface area contributed by atoms with Crippen molar-refractivity contribution in [2.24, 2.45) is 0 Å². The van der Waals surface area contributed by atoms with E-state index in [1.54, 1.807) is 0 Å². The van der Waals surface area contributed by atoms with Crippen LogP contribution in [0.15, 0.2) is 23.0 Å². The average Bonchev–Trinajstić information content (AvgIpc) is 1.97. The monoisotopic (exact) mass is 238 g/mol. The minimum atomic E-state index is -5.13. The normalized spacial score (nSPS) is 13.1. The van der Waals surface area contributed by atoms with Crippen LogP contribution in [0.1, 0.15) is 0 Å². The number of rotatable bonds is 2. The zero-order chi connectivity index (χ0) is 11.7. The summed E-state index contributed by atoms with van der Waals surface area (Å²) in [6.07, 6.45) is -10.3. The van der Waals surface area contributed by atoms with Gasteiger partial charge in [-0.15, -0.1) is 0 Å². The topological polar surface area (TPSA) is 17.1 Å². The summed E-state index contributed by atoms with van der Waals surface area (Å²) in [6.45, 7) is 4.55. The Hall–Kier alpha value is -0.790. The van der Waals surface area contributed by atoms with E-state index in [0.717, 1.165) is 0 Å². The lowest BCUT2D eigenvalue weighted by atomic mass is 10.6. The molecule has 8 heteroatoms. The van der Waals surface area contributed by atoms with Crippen molar-refractivity contribution in [2.75, 3.05) is 0 Å². The van der Waals surface area contributed by atoms with Crippen LogP contribution in [0.2, 0.25) is 0 Å². The Labute approximate surface area is 77.6 Å². The van der Waals surface area contributed by atoms with Crippen molar-refractivity contribution in [3.8, 4) is 0 Å². The van der Waals surface area contributed by atoms with E-state index in [2.05, 4.69) is 13.2 Å². The fourth-order valence-corrected chi connectivity index (χ4v) is 1.08. The van der Waals surface area contributed by atoms with Crippen LogP contribution in [0.25, 0.3) is 0 Å². The third-order valence-electron chi connectivity index (χ3n) is 1.08. The molecule has 0 fully saturated rings. The van der Waals surface area contributed by atoms with E-state index >= 15 is 0 Å². The molecule has 0 unspecified atom stereocenters. The first-order chi connectivity index (χ1) is 5.98. The minimum Gasteiger partial charge on any atom is -0.249 e. The lowest BCUT2D eigenvalue weighted by molar-refractivity contribution is -0.0868. The van der Waals surface area contributed by atoms with Gasteiger partial charge >= 0.3 is 12.4 Å². The standard InChI is InChI=1S/C6H4F6OS/c1-3(5(7,8)9)14(13)4(2)6(10,11)12/h1-2H2. The lowest BCUT2D eigenvalue weighted by Gasteiger charge is -2.13. The minimum absolute atomic E-state index is 1.97. The van der Waals surface area contributed by atoms with Gasteiger partial charge in [-0.1, -0.05) is 13.2 Å². The summed E-state index contributed by atoms with van der Waals surface area (Å²) >= 11 is 0. The molecule has 0 bridgehead atoms. The molecule has 0 aromatic carbocycles. The fraction of sp³-hybridized carbons (Fsp3) is 0.333. The van der Waals surface area contributed by atoms with Crippen molar-refractivity contribution in [3.63, 3.8) is 0 Å². The molecule has 1 nitrogen and oxygen atoms in total. The molecule has 0 aliphatic rings. The molecular formula is C6H4F6OS. The van der Waals surface area contributed by atoms with Gasteiger partial charge in [0.15, 0.2) is 0 Å². The Morgan fingerprint density at radius 3 is 1.21 bits per heavy atom. The molecule has 0 aliphatic heterocycles. The molecule has 0 aliphatic carbocycles. The first kappa shape index (κ1) is 13.2. The van der Waals surface area contributed by atoms with E-state index in [1.165, 1.54) is 0 Å². The van der Waals surface area contributed by atoms with Crippen LogP contribution in [-0.2, 0) is 10.8 Å². The molecule has 0 amide bonds. The predicted molar refractivity (Wildman–Crippen MR) is 38.5 cm³/mol. The highest BCUT2D eigenvalue weighted by Gasteiger charge is 2.44. The summed E-state index contributed by atoms with van der Waals surface area (Å²) < 4.78 is 81.1. The molecule has 0 N–H and O–H groups in total. The van der Waals surface area contributed by atoms with Crippen LogP contribution in [0.3, 0.4) is 0 Å².